The number of aromatic amines is 1. The Balaban J connectivity index is 1.33. The number of rotatable bonds is 6. The molecule has 0 aromatic carbocycles. The van der Waals surface area contributed by atoms with Crippen molar-refractivity contribution in [3.8, 4) is 0 Å². The van der Waals surface area contributed by atoms with E-state index in [1.807, 2.05) is 4.57 Å². The second-order valence-corrected chi connectivity index (χ2v) is 14.2. The van der Waals surface area contributed by atoms with Gasteiger partial charge in [-0.3, -0.25) is 14.3 Å². The maximum Gasteiger partial charge on any atom is 0.328 e. The van der Waals surface area contributed by atoms with Gasteiger partial charge in [0.15, 0.2) is 0 Å². The van der Waals surface area contributed by atoms with E-state index in [9.17, 15) is 9.59 Å². The van der Waals surface area contributed by atoms with Gasteiger partial charge in [0.2, 0.25) is 0 Å². The van der Waals surface area contributed by atoms with Crippen molar-refractivity contribution in [3.63, 3.8) is 0 Å². The zero-order valence-electron chi connectivity index (χ0n) is 23.7. The number of aromatic nitrogens is 2. The van der Waals surface area contributed by atoms with E-state index < -0.39 is 0 Å². The lowest BCUT2D eigenvalue weighted by atomic mass is 9.47. The van der Waals surface area contributed by atoms with Crippen LogP contribution in [0.15, 0.2) is 27.4 Å². The Labute approximate surface area is 218 Å². The van der Waals surface area contributed by atoms with Crippen LogP contribution in [0.1, 0.15) is 117 Å². The van der Waals surface area contributed by atoms with E-state index in [0.29, 0.717) is 11.0 Å². The van der Waals surface area contributed by atoms with Gasteiger partial charge in [0, 0.05) is 17.8 Å². The highest BCUT2D eigenvalue weighted by molar-refractivity contribution is 5.26. The fourth-order valence-corrected chi connectivity index (χ4v) is 9.76. The quantitative estimate of drug-likeness (QED) is 0.418. The smallest absolute Gasteiger partial charge is 0.297 e. The van der Waals surface area contributed by atoms with E-state index in [0.717, 1.165) is 54.8 Å². The largest absolute Gasteiger partial charge is 0.328 e. The molecule has 1 aromatic rings. The lowest BCUT2D eigenvalue weighted by molar-refractivity contribution is -0.0524. The topological polar surface area (TPSA) is 54.9 Å². The van der Waals surface area contributed by atoms with Crippen molar-refractivity contribution < 1.29 is 0 Å². The van der Waals surface area contributed by atoms with Crippen molar-refractivity contribution in [2.24, 2.45) is 46.3 Å². The minimum absolute atomic E-state index is 0.167. The number of nitrogens with zero attached hydrogens (tertiary/aromatic N) is 1. The van der Waals surface area contributed by atoms with E-state index in [2.05, 4.69) is 45.7 Å². The summed E-state index contributed by atoms with van der Waals surface area (Å²) in [6.45, 7) is 14.3. The highest BCUT2D eigenvalue weighted by Crippen LogP contribution is 2.67. The second kappa shape index (κ2) is 9.62. The van der Waals surface area contributed by atoms with Crippen LogP contribution < -0.4 is 11.2 Å². The molecule has 0 spiro atoms. The van der Waals surface area contributed by atoms with Gasteiger partial charge in [0.05, 0.1) is 0 Å². The summed E-state index contributed by atoms with van der Waals surface area (Å²) < 4.78 is 1.81. The molecule has 36 heavy (non-hydrogen) atoms. The van der Waals surface area contributed by atoms with Crippen molar-refractivity contribution in [1.29, 1.82) is 0 Å². The van der Waals surface area contributed by atoms with Crippen molar-refractivity contribution >= 4 is 0 Å². The number of H-pyrrole nitrogens is 1. The molecule has 200 valence electrons. The van der Waals surface area contributed by atoms with Gasteiger partial charge in [0.25, 0.3) is 5.56 Å². The third-order valence-corrected chi connectivity index (χ3v) is 11.8. The molecule has 0 amide bonds. The van der Waals surface area contributed by atoms with Crippen LogP contribution in [0.4, 0.5) is 0 Å². The third kappa shape index (κ3) is 4.29. The predicted molar refractivity (Wildman–Crippen MR) is 148 cm³/mol. The van der Waals surface area contributed by atoms with E-state index in [-0.39, 0.29) is 22.7 Å². The molecular formula is C32H50N2O2. The van der Waals surface area contributed by atoms with Crippen LogP contribution in [0.5, 0.6) is 0 Å². The molecule has 1 aromatic heterocycles. The number of nitrogens with one attached hydrogen (secondary N) is 1. The second-order valence-electron chi connectivity index (χ2n) is 14.2. The minimum atomic E-state index is -0.258. The van der Waals surface area contributed by atoms with Gasteiger partial charge in [-0.25, -0.2) is 4.79 Å². The van der Waals surface area contributed by atoms with Crippen LogP contribution >= 0.6 is 0 Å². The molecule has 0 unspecified atom stereocenters. The fourth-order valence-electron chi connectivity index (χ4n) is 9.76. The van der Waals surface area contributed by atoms with Gasteiger partial charge >= 0.3 is 5.69 Å². The van der Waals surface area contributed by atoms with Crippen LogP contribution in [-0.4, -0.2) is 9.55 Å². The minimum Gasteiger partial charge on any atom is -0.297 e. The van der Waals surface area contributed by atoms with E-state index in [1.54, 1.807) is 18.7 Å². The Bertz CT molecular complexity index is 1110. The first-order chi connectivity index (χ1) is 17.0. The normalized spacial score (nSPS) is 38.8. The monoisotopic (exact) mass is 494 g/mol. The first kappa shape index (κ1) is 26.0. The lowest BCUT2D eigenvalue weighted by Gasteiger charge is -2.58. The summed E-state index contributed by atoms with van der Waals surface area (Å²) in [6, 6.07) is 0.167. The zero-order valence-corrected chi connectivity index (χ0v) is 23.7. The summed E-state index contributed by atoms with van der Waals surface area (Å²) in [6.07, 6.45) is 18.6. The van der Waals surface area contributed by atoms with Crippen LogP contribution in [-0.2, 0) is 0 Å². The van der Waals surface area contributed by atoms with Crippen molar-refractivity contribution in [1.82, 2.24) is 9.55 Å². The van der Waals surface area contributed by atoms with Gasteiger partial charge in [-0.2, -0.15) is 0 Å². The summed E-state index contributed by atoms with van der Waals surface area (Å²) in [5.74, 6) is 5.09. The Morgan fingerprint density at radius 2 is 1.81 bits per heavy atom. The molecule has 4 aliphatic rings. The first-order valence-corrected chi connectivity index (χ1v) is 15.1. The van der Waals surface area contributed by atoms with Gasteiger partial charge in [-0.1, -0.05) is 65.5 Å². The van der Waals surface area contributed by atoms with Crippen molar-refractivity contribution in [2.75, 3.05) is 0 Å². The number of fused-ring (bicyclic) bond motifs is 5. The summed E-state index contributed by atoms with van der Waals surface area (Å²) in [5, 5.41) is 0. The Kier molecular flexibility index (Phi) is 6.96. The van der Waals surface area contributed by atoms with Crippen molar-refractivity contribution in [2.45, 2.75) is 118 Å². The van der Waals surface area contributed by atoms with E-state index in [4.69, 9.17) is 0 Å². The lowest BCUT2D eigenvalue weighted by Crippen LogP contribution is -2.50. The maximum atomic E-state index is 12.6. The summed E-state index contributed by atoms with van der Waals surface area (Å²) >= 11 is 0. The van der Waals surface area contributed by atoms with Crippen molar-refractivity contribution in [3.05, 3.63) is 44.2 Å². The summed E-state index contributed by atoms with van der Waals surface area (Å²) in [7, 11) is 0. The SMILES string of the molecule is Cc1cn([C@@H]2CC[C@@]3(C)C(=CC[C@H]4[C@@H]5CC[C@H]([C@H](C)CCCC(C)C)[C@@]5(C)CC[C@@H]43)C2)c(=O)[nH]c1=O. The molecule has 4 heteroatoms. The molecule has 3 fully saturated rings. The third-order valence-electron chi connectivity index (χ3n) is 11.8. The molecule has 3 saturated carbocycles. The molecular weight excluding hydrogens is 444 g/mol. The molecule has 0 aliphatic heterocycles. The molecule has 4 nitrogen and oxygen atoms in total. The standard InChI is InChI=1S/C32H50N2O2/c1-20(2)8-7-9-21(3)26-12-13-27-25-11-10-23-18-24(34-19-22(4)29(35)33-30(34)36)14-16-31(23,5)28(25)15-17-32(26,27)6/h10,19-21,24-28H,7-9,11-18H2,1-6H3,(H,33,35,36)/t21-,24-,25+,26-,27+,28+,31+,32-/m1/s1. The van der Waals surface area contributed by atoms with Gasteiger partial charge in [-0.05, 0) is 105 Å². The average Bonchev–Trinajstić information content (AvgIpc) is 3.18. The summed E-state index contributed by atoms with van der Waals surface area (Å²) in [5.41, 5.74) is 2.52. The fraction of sp³-hybridized carbons (Fsp3) is 0.812. The molecule has 8 atom stereocenters. The molecule has 0 bridgehead atoms. The van der Waals surface area contributed by atoms with E-state index >= 15 is 0 Å². The predicted octanol–water partition coefficient (Wildman–Crippen LogP) is 7.43. The molecule has 1 N–H and O–H groups in total. The van der Waals surface area contributed by atoms with Crippen LogP contribution in [0.2, 0.25) is 0 Å². The average molecular weight is 495 g/mol. The number of hydrogen-bond acceptors (Lipinski definition) is 2. The molecule has 4 aliphatic carbocycles. The molecule has 0 saturated heterocycles. The van der Waals surface area contributed by atoms with Gasteiger partial charge < -0.3 is 0 Å². The number of aryl methyl sites for hydroxylation is 1. The Morgan fingerprint density at radius 3 is 2.56 bits per heavy atom. The zero-order chi connectivity index (χ0) is 25.8. The van der Waals surface area contributed by atoms with Gasteiger partial charge in [0.1, 0.15) is 0 Å². The molecule has 1 heterocycles. The summed E-state index contributed by atoms with van der Waals surface area (Å²) in [4.78, 5) is 27.0. The Morgan fingerprint density at radius 1 is 1.03 bits per heavy atom. The highest BCUT2D eigenvalue weighted by atomic mass is 16.2. The van der Waals surface area contributed by atoms with E-state index in [1.165, 1.54) is 51.4 Å². The van der Waals surface area contributed by atoms with Crippen LogP contribution in [0.25, 0.3) is 0 Å². The van der Waals surface area contributed by atoms with Crippen LogP contribution in [0, 0.1) is 53.3 Å². The Hall–Kier alpha value is -1.58. The van der Waals surface area contributed by atoms with Gasteiger partial charge in [-0.15, -0.1) is 0 Å². The highest BCUT2D eigenvalue weighted by Gasteiger charge is 2.59. The molecule has 0 radical (unpaired) electrons. The number of allylic oxidation sites excluding steroid dienone is 2. The molecule has 5 rings (SSSR count). The first-order valence-electron chi connectivity index (χ1n) is 15.1. The maximum absolute atomic E-state index is 12.6. The van der Waals surface area contributed by atoms with Crippen LogP contribution in [0.3, 0.4) is 0 Å². The number of hydrogen-bond donors (Lipinski definition) is 1.